The summed E-state index contributed by atoms with van der Waals surface area (Å²) in [5, 5.41) is 4.76. The van der Waals surface area contributed by atoms with Crippen LogP contribution in [0.1, 0.15) is 86.8 Å². The van der Waals surface area contributed by atoms with Crippen LogP contribution in [0.2, 0.25) is 0 Å². The Morgan fingerprint density at radius 1 is 0.938 bits per heavy atom. The van der Waals surface area contributed by atoms with Crippen LogP contribution < -0.4 is 4.90 Å². The zero-order chi connectivity index (χ0) is 24.7. The highest BCUT2D eigenvalue weighted by atomic mass is 16.7. The van der Waals surface area contributed by atoms with E-state index in [4.69, 9.17) is 24.0 Å². The fraction of sp³-hybridized carbons (Fsp3) is 0.783. The molecule has 0 unspecified atom stereocenters. The third-order valence-corrected chi connectivity index (χ3v) is 5.00. The molecule has 2 amide bonds. The first-order valence-electron chi connectivity index (χ1n) is 10.9. The van der Waals surface area contributed by atoms with E-state index < -0.39 is 34.7 Å². The molecule has 1 saturated carbocycles. The van der Waals surface area contributed by atoms with Crippen LogP contribution in [-0.4, -0.2) is 53.2 Å². The first kappa shape index (κ1) is 26.1. The predicted molar refractivity (Wildman–Crippen MR) is 121 cm³/mol. The molecule has 1 aromatic heterocycles. The van der Waals surface area contributed by atoms with E-state index in [9.17, 15) is 9.59 Å². The quantitative estimate of drug-likeness (QED) is 0.580. The van der Waals surface area contributed by atoms with Crippen LogP contribution in [-0.2, 0) is 24.5 Å². The SMILES string of the molecule is COC1(OC)CC(c2cc(N(C(=O)OC(C)(C)C)C(=O)OC(C)(C)C)n(C(C)(C)C)n2)C1. The average molecular weight is 454 g/mol. The van der Waals surface area contributed by atoms with Crippen LogP contribution in [0.3, 0.4) is 0 Å². The van der Waals surface area contributed by atoms with Gasteiger partial charge in [0.25, 0.3) is 0 Å². The van der Waals surface area contributed by atoms with Crippen LogP contribution in [0.15, 0.2) is 6.07 Å². The lowest BCUT2D eigenvalue weighted by atomic mass is 9.77. The number of carbonyl (C=O) groups excluding carboxylic acids is 2. The zero-order valence-electron chi connectivity index (χ0n) is 21.4. The van der Waals surface area contributed by atoms with E-state index in [2.05, 4.69) is 0 Å². The van der Waals surface area contributed by atoms with Crippen LogP contribution in [0.5, 0.6) is 0 Å². The van der Waals surface area contributed by atoms with Crippen LogP contribution in [0.25, 0.3) is 0 Å². The third-order valence-electron chi connectivity index (χ3n) is 5.00. The largest absolute Gasteiger partial charge is 0.443 e. The zero-order valence-corrected chi connectivity index (χ0v) is 21.4. The molecule has 2 rings (SSSR count). The van der Waals surface area contributed by atoms with Gasteiger partial charge in [0.15, 0.2) is 5.79 Å². The van der Waals surface area contributed by atoms with Gasteiger partial charge in [0.1, 0.15) is 17.0 Å². The standard InChI is InChI=1S/C23H39N3O6/c1-20(2,3)26-17(12-16(24-26)15-13-23(14-15,29-10)30-11)25(18(27)31-21(4,5)6)19(28)32-22(7,8)9/h12,15H,13-14H2,1-11H3. The summed E-state index contributed by atoms with van der Waals surface area (Å²) >= 11 is 0. The molecule has 182 valence electrons. The smallest absolute Gasteiger partial charge is 0.425 e. The second-order valence-electron chi connectivity index (χ2n) is 11.2. The van der Waals surface area contributed by atoms with Crippen molar-refractivity contribution >= 4 is 18.0 Å². The molecule has 1 aromatic rings. The van der Waals surface area contributed by atoms with E-state index in [1.165, 1.54) is 0 Å². The molecule has 32 heavy (non-hydrogen) atoms. The highest BCUT2D eigenvalue weighted by Crippen LogP contribution is 2.47. The summed E-state index contributed by atoms with van der Waals surface area (Å²) in [6.45, 7) is 16.3. The number of nitrogens with zero attached hydrogens (tertiary/aromatic N) is 3. The molecule has 0 saturated heterocycles. The Balaban J connectivity index is 2.52. The predicted octanol–water partition coefficient (Wildman–Crippen LogP) is 5.18. The minimum atomic E-state index is -0.819. The molecule has 1 aliphatic carbocycles. The van der Waals surface area contributed by atoms with Crippen molar-refractivity contribution in [3.63, 3.8) is 0 Å². The fourth-order valence-corrected chi connectivity index (χ4v) is 3.43. The van der Waals surface area contributed by atoms with Crippen LogP contribution >= 0.6 is 0 Å². The molecular weight excluding hydrogens is 414 g/mol. The van der Waals surface area contributed by atoms with Crippen molar-refractivity contribution in [2.24, 2.45) is 0 Å². The number of amides is 2. The first-order chi connectivity index (χ1) is 14.4. The highest BCUT2D eigenvalue weighted by molar-refractivity contribution is 6.09. The van der Waals surface area contributed by atoms with Crippen molar-refractivity contribution in [2.75, 3.05) is 19.1 Å². The van der Waals surface area contributed by atoms with Gasteiger partial charge in [0, 0.05) is 39.0 Å². The number of aromatic nitrogens is 2. The molecule has 1 heterocycles. The highest BCUT2D eigenvalue weighted by Gasteiger charge is 2.48. The van der Waals surface area contributed by atoms with Gasteiger partial charge in [-0.25, -0.2) is 14.3 Å². The van der Waals surface area contributed by atoms with Gasteiger partial charge in [-0.2, -0.15) is 10.00 Å². The molecule has 1 aliphatic rings. The Hall–Kier alpha value is -2.13. The number of hydrogen-bond donors (Lipinski definition) is 0. The number of ether oxygens (including phenoxy) is 4. The Bertz CT molecular complexity index is 801. The van der Waals surface area contributed by atoms with Gasteiger partial charge in [0.2, 0.25) is 0 Å². The van der Waals surface area contributed by atoms with E-state index in [0.717, 1.165) is 10.6 Å². The van der Waals surface area contributed by atoms with E-state index in [1.807, 2.05) is 20.8 Å². The maximum atomic E-state index is 13.1. The third kappa shape index (κ3) is 6.01. The molecule has 0 aliphatic heterocycles. The summed E-state index contributed by atoms with van der Waals surface area (Å²) < 4.78 is 23.7. The molecule has 0 N–H and O–H groups in total. The molecule has 9 heteroatoms. The fourth-order valence-electron chi connectivity index (χ4n) is 3.43. The van der Waals surface area contributed by atoms with Gasteiger partial charge in [0.05, 0.1) is 11.2 Å². The minimum absolute atomic E-state index is 0.0661. The molecule has 9 nitrogen and oxygen atoms in total. The average Bonchev–Trinajstić information content (AvgIpc) is 2.96. The van der Waals surface area contributed by atoms with Gasteiger partial charge in [-0.3, -0.25) is 0 Å². The lowest BCUT2D eigenvalue weighted by Crippen LogP contribution is -2.46. The number of anilines is 1. The van der Waals surface area contributed by atoms with Crippen LogP contribution in [0, 0.1) is 0 Å². The molecule has 0 aromatic carbocycles. The topological polar surface area (TPSA) is 92.1 Å². The molecule has 0 atom stereocenters. The Labute approximate surface area is 191 Å². The van der Waals surface area contributed by atoms with E-state index >= 15 is 0 Å². The summed E-state index contributed by atoms with van der Waals surface area (Å²) in [4.78, 5) is 27.2. The molecule has 0 spiro atoms. The maximum Gasteiger partial charge on any atom is 0.425 e. The van der Waals surface area contributed by atoms with Gasteiger partial charge in [-0.05, 0) is 62.3 Å². The van der Waals surface area contributed by atoms with Crippen molar-refractivity contribution < 1.29 is 28.5 Å². The number of rotatable bonds is 4. The van der Waals surface area contributed by atoms with Crippen molar-refractivity contribution in [2.45, 2.75) is 104 Å². The van der Waals surface area contributed by atoms with Gasteiger partial charge < -0.3 is 18.9 Å². The maximum absolute atomic E-state index is 13.1. The molecule has 1 fully saturated rings. The number of imide groups is 1. The van der Waals surface area contributed by atoms with Crippen molar-refractivity contribution in [3.05, 3.63) is 11.8 Å². The minimum Gasteiger partial charge on any atom is -0.443 e. The Kier molecular flexibility index (Phi) is 7.07. The Morgan fingerprint density at radius 3 is 1.72 bits per heavy atom. The number of hydrogen-bond acceptors (Lipinski definition) is 7. The molecule has 0 radical (unpaired) electrons. The van der Waals surface area contributed by atoms with Gasteiger partial charge in [-0.1, -0.05) is 0 Å². The first-order valence-corrected chi connectivity index (χ1v) is 10.9. The number of methoxy groups -OCH3 is 2. The molecule has 0 bridgehead atoms. The Morgan fingerprint density at radius 2 is 1.38 bits per heavy atom. The van der Waals surface area contributed by atoms with Crippen molar-refractivity contribution in [1.82, 2.24) is 9.78 Å². The summed E-state index contributed by atoms with van der Waals surface area (Å²) in [5.74, 6) is -0.272. The summed E-state index contributed by atoms with van der Waals surface area (Å²) in [6, 6.07) is 1.75. The monoisotopic (exact) mass is 453 g/mol. The summed E-state index contributed by atoms with van der Waals surface area (Å²) in [7, 11) is 3.23. The van der Waals surface area contributed by atoms with Crippen molar-refractivity contribution in [3.8, 4) is 0 Å². The second kappa shape index (κ2) is 8.67. The molecular formula is C23H39N3O6. The summed E-state index contributed by atoms with van der Waals surface area (Å²) in [6.07, 6.45) is -0.389. The van der Waals surface area contributed by atoms with Gasteiger partial charge >= 0.3 is 12.2 Å². The van der Waals surface area contributed by atoms with E-state index in [1.54, 1.807) is 66.5 Å². The normalized spacial score (nSPS) is 17.0. The van der Waals surface area contributed by atoms with Crippen molar-refractivity contribution in [1.29, 1.82) is 0 Å². The summed E-state index contributed by atoms with van der Waals surface area (Å²) in [5.41, 5.74) is -1.36. The van der Waals surface area contributed by atoms with E-state index in [0.29, 0.717) is 18.7 Å². The second-order valence-corrected chi connectivity index (χ2v) is 11.2. The lowest BCUT2D eigenvalue weighted by molar-refractivity contribution is -0.258. The van der Waals surface area contributed by atoms with E-state index in [-0.39, 0.29) is 5.92 Å². The number of carbonyl (C=O) groups is 2. The van der Waals surface area contributed by atoms with Gasteiger partial charge in [-0.15, -0.1) is 0 Å². The lowest BCUT2D eigenvalue weighted by Gasteiger charge is -2.44. The van der Waals surface area contributed by atoms with Crippen LogP contribution in [0.4, 0.5) is 15.4 Å².